The summed E-state index contributed by atoms with van der Waals surface area (Å²) in [5.74, 6) is 0. The Kier molecular flexibility index (Phi) is 3.94. The average molecular weight is 179 g/mol. The van der Waals surface area contributed by atoms with E-state index in [9.17, 15) is 0 Å². The Morgan fingerprint density at radius 1 is 1.00 bits per heavy atom. The molecule has 2 aromatic rings. The van der Waals surface area contributed by atoms with Gasteiger partial charge in [0.2, 0.25) is 0 Å². The Bertz CT molecular complexity index is 254. The number of aryl methyl sites for hydroxylation is 1. The van der Waals surface area contributed by atoms with E-state index in [1.54, 1.807) is 42.3 Å². The number of aromatic nitrogens is 3. The Labute approximate surface area is 75.2 Å². The van der Waals surface area contributed by atoms with Crippen LogP contribution in [0.3, 0.4) is 0 Å². The third kappa shape index (κ3) is 3.78. The SMILES string of the molecule is Cc1nccs1.c1cnccn1. The van der Waals surface area contributed by atoms with Gasteiger partial charge in [-0.2, -0.15) is 0 Å². The number of thiazole rings is 1. The third-order valence-electron chi connectivity index (χ3n) is 1.03. The van der Waals surface area contributed by atoms with Gasteiger partial charge in [-0.05, 0) is 6.92 Å². The first-order valence-electron chi connectivity index (χ1n) is 3.45. The van der Waals surface area contributed by atoms with Gasteiger partial charge in [0.1, 0.15) is 0 Å². The molecule has 3 nitrogen and oxygen atoms in total. The molecule has 2 rings (SSSR count). The van der Waals surface area contributed by atoms with Crippen LogP contribution < -0.4 is 0 Å². The maximum Gasteiger partial charge on any atom is 0.0893 e. The molecule has 12 heavy (non-hydrogen) atoms. The van der Waals surface area contributed by atoms with Gasteiger partial charge < -0.3 is 0 Å². The fraction of sp³-hybridized carbons (Fsp3) is 0.125. The second-order valence-corrected chi connectivity index (χ2v) is 3.04. The van der Waals surface area contributed by atoms with Crippen LogP contribution in [-0.2, 0) is 0 Å². The predicted molar refractivity (Wildman–Crippen MR) is 48.9 cm³/mol. The summed E-state index contributed by atoms with van der Waals surface area (Å²) in [6.07, 6.45) is 8.36. The lowest BCUT2D eigenvalue weighted by molar-refractivity contribution is 1.20. The molecule has 0 saturated heterocycles. The van der Waals surface area contributed by atoms with Crippen LogP contribution in [0.1, 0.15) is 5.01 Å². The Morgan fingerprint density at radius 2 is 1.58 bits per heavy atom. The molecule has 0 bridgehead atoms. The maximum absolute atomic E-state index is 3.94. The number of hydrogen-bond acceptors (Lipinski definition) is 4. The summed E-state index contributed by atoms with van der Waals surface area (Å²) in [7, 11) is 0. The van der Waals surface area contributed by atoms with Crippen LogP contribution in [0.15, 0.2) is 36.4 Å². The van der Waals surface area contributed by atoms with E-state index in [1.807, 2.05) is 12.3 Å². The van der Waals surface area contributed by atoms with Crippen LogP contribution in [0, 0.1) is 6.92 Å². The zero-order valence-electron chi connectivity index (χ0n) is 6.71. The van der Waals surface area contributed by atoms with E-state index in [-0.39, 0.29) is 0 Å². The van der Waals surface area contributed by atoms with E-state index >= 15 is 0 Å². The van der Waals surface area contributed by atoms with Gasteiger partial charge >= 0.3 is 0 Å². The zero-order valence-corrected chi connectivity index (χ0v) is 7.53. The lowest BCUT2D eigenvalue weighted by atomic mass is 10.8. The summed E-state index contributed by atoms with van der Waals surface area (Å²) >= 11 is 1.67. The highest BCUT2D eigenvalue weighted by atomic mass is 32.1. The van der Waals surface area contributed by atoms with Gasteiger partial charge in [0, 0.05) is 36.4 Å². The quantitative estimate of drug-likeness (QED) is 0.620. The van der Waals surface area contributed by atoms with E-state index in [4.69, 9.17) is 0 Å². The van der Waals surface area contributed by atoms with E-state index in [0.29, 0.717) is 0 Å². The first-order chi connectivity index (χ1) is 5.89. The number of rotatable bonds is 0. The van der Waals surface area contributed by atoms with Crippen molar-refractivity contribution in [3.05, 3.63) is 41.4 Å². The highest BCUT2D eigenvalue weighted by Gasteiger charge is 1.76. The van der Waals surface area contributed by atoms with Gasteiger partial charge in [0.05, 0.1) is 5.01 Å². The molecule has 0 aliphatic rings. The Morgan fingerprint density at radius 3 is 1.75 bits per heavy atom. The fourth-order valence-corrected chi connectivity index (χ4v) is 0.988. The van der Waals surface area contributed by atoms with Crippen molar-refractivity contribution < 1.29 is 0 Å². The molecular formula is C8H9N3S. The van der Waals surface area contributed by atoms with Crippen LogP contribution in [0.25, 0.3) is 0 Å². The van der Waals surface area contributed by atoms with Gasteiger partial charge in [-0.1, -0.05) is 0 Å². The second kappa shape index (κ2) is 5.37. The average Bonchev–Trinajstić information content (AvgIpc) is 2.60. The molecule has 0 atom stereocenters. The molecule has 0 radical (unpaired) electrons. The summed E-state index contributed by atoms with van der Waals surface area (Å²) < 4.78 is 0. The zero-order chi connectivity index (χ0) is 8.65. The van der Waals surface area contributed by atoms with Crippen molar-refractivity contribution in [1.82, 2.24) is 15.0 Å². The van der Waals surface area contributed by atoms with Crippen molar-refractivity contribution in [3.8, 4) is 0 Å². The van der Waals surface area contributed by atoms with E-state index in [0.717, 1.165) is 5.01 Å². The molecule has 0 spiro atoms. The van der Waals surface area contributed by atoms with E-state index in [1.165, 1.54) is 0 Å². The molecular weight excluding hydrogens is 170 g/mol. The molecule has 2 aromatic heterocycles. The minimum Gasteiger partial charge on any atom is -0.262 e. The lowest BCUT2D eigenvalue weighted by Crippen LogP contribution is -1.66. The molecule has 0 unspecified atom stereocenters. The molecule has 2 heterocycles. The van der Waals surface area contributed by atoms with Crippen LogP contribution in [0.4, 0.5) is 0 Å². The van der Waals surface area contributed by atoms with E-state index in [2.05, 4.69) is 15.0 Å². The van der Waals surface area contributed by atoms with Crippen LogP contribution >= 0.6 is 11.3 Å². The molecule has 0 saturated carbocycles. The molecule has 0 fully saturated rings. The van der Waals surface area contributed by atoms with Crippen LogP contribution in [0.2, 0.25) is 0 Å². The van der Waals surface area contributed by atoms with Crippen LogP contribution in [-0.4, -0.2) is 15.0 Å². The number of nitrogens with zero attached hydrogens (tertiary/aromatic N) is 3. The predicted octanol–water partition coefficient (Wildman–Crippen LogP) is 1.93. The largest absolute Gasteiger partial charge is 0.262 e. The Balaban J connectivity index is 0.000000120. The second-order valence-electron chi connectivity index (χ2n) is 1.95. The molecule has 0 aliphatic carbocycles. The minimum atomic E-state index is 1.13. The Hall–Kier alpha value is -1.29. The molecule has 0 amide bonds. The lowest BCUT2D eigenvalue weighted by Gasteiger charge is -1.70. The first kappa shape index (κ1) is 8.80. The van der Waals surface area contributed by atoms with Crippen molar-refractivity contribution >= 4 is 11.3 Å². The minimum absolute atomic E-state index is 1.13. The first-order valence-corrected chi connectivity index (χ1v) is 4.33. The van der Waals surface area contributed by atoms with Crippen molar-refractivity contribution in [2.24, 2.45) is 0 Å². The van der Waals surface area contributed by atoms with Crippen molar-refractivity contribution in [2.45, 2.75) is 6.92 Å². The summed E-state index contributed by atoms with van der Waals surface area (Å²) in [4.78, 5) is 11.4. The van der Waals surface area contributed by atoms with E-state index < -0.39 is 0 Å². The van der Waals surface area contributed by atoms with Crippen molar-refractivity contribution in [3.63, 3.8) is 0 Å². The third-order valence-corrected chi connectivity index (χ3v) is 1.74. The number of hydrogen-bond donors (Lipinski definition) is 0. The van der Waals surface area contributed by atoms with Gasteiger partial charge in [0.15, 0.2) is 0 Å². The molecule has 4 heteroatoms. The molecule has 0 aromatic carbocycles. The summed E-state index contributed by atoms with van der Waals surface area (Å²) in [6, 6.07) is 0. The van der Waals surface area contributed by atoms with Gasteiger partial charge in [-0.3, -0.25) is 15.0 Å². The van der Waals surface area contributed by atoms with Crippen molar-refractivity contribution in [2.75, 3.05) is 0 Å². The smallest absolute Gasteiger partial charge is 0.0893 e. The van der Waals surface area contributed by atoms with Crippen LogP contribution in [0.5, 0.6) is 0 Å². The van der Waals surface area contributed by atoms with Gasteiger partial charge in [-0.15, -0.1) is 11.3 Å². The van der Waals surface area contributed by atoms with Gasteiger partial charge in [0.25, 0.3) is 0 Å². The highest BCUT2D eigenvalue weighted by Crippen LogP contribution is 1.98. The summed E-state index contributed by atoms with van der Waals surface area (Å²) in [6.45, 7) is 1.99. The monoisotopic (exact) mass is 179 g/mol. The molecule has 62 valence electrons. The standard InChI is InChI=1S/C4H4N2.C4H5NS/c1-2-6-4-3-5-1;1-4-5-2-3-6-4/h1-4H;2-3H,1H3. The van der Waals surface area contributed by atoms with Gasteiger partial charge in [-0.25, -0.2) is 0 Å². The topological polar surface area (TPSA) is 38.7 Å². The van der Waals surface area contributed by atoms with Crippen molar-refractivity contribution in [1.29, 1.82) is 0 Å². The summed E-state index contributed by atoms with van der Waals surface area (Å²) in [5.41, 5.74) is 0. The summed E-state index contributed by atoms with van der Waals surface area (Å²) in [5, 5.41) is 3.10. The normalized spacial score (nSPS) is 8.42. The highest BCUT2D eigenvalue weighted by molar-refractivity contribution is 7.09. The molecule has 0 N–H and O–H groups in total. The fourth-order valence-electron chi connectivity index (χ4n) is 0.548. The molecule has 0 aliphatic heterocycles. The maximum atomic E-state index is 3.94.